The van der Waals surface area contributed by atoms with E-state index in [1.165, 1.54) is 18.2 Å². The Labute approximate surface area is 163 Å². The van der Waals surface area contributed by atoms with Crippen molar-refractivity contribution in [3.8, 4) is 23.0 Å². The molecule has 0 aliphatic carbocycles. The van der Waals surface area contributed by atoms with E-state index >= 15 is 0 Å². The Hall–Kier alpha value is -3.56. The number of esters is 1. The van der Waals surface area contributed by atoms with Gasteiger partial charge >= 0.3 is 12.3 Å². The van der Waals surface area contributed by atoms with Crippen molar-refractivity contribution >= 4 is 17.6 Å². The lowest BCUT2D eigenvalue weighted by Gasteiger charge is -2.18. The molecular formula is C19H15F2NO7. The Morgan fingerprint density at radius 3 is 2.52 bits per heavy atom. The fraction of sp³-hybridized carbons (Fsp3) is 0.263. The summed E-state index contributed by atoms with van der Waals surface area (Å²) in [7, 11) is 0. The molecule has 0 saturated carbocycles. The van der Waals surface area contributed by atoms with Gasteiger partial charge in [0.05, 0.1) is 6.42 Å². The van der Waals surface area contributed by atoms with Gasteiger partial charge in [-0.3, -0.25) is 9.59 Å². The average Bonchev–Trinajstić information content (AvgIpc) is 2.99. The molecule has 0 unspecified atom stereocenters. The van der Waals surface area contributed by atoms with Crippen molar-refractivity contribution in [2.45, 2.75) is 12.7 Å². The van der Waals surface area contributed by atoms with Crippen LogP contribution in [0.15, 0.2) is 36.4 Å². The van der Waals surface area contributed by atoms with Crippen LogP contribution in [0.4, 0.5) is 14.5 Å². The number of fused-ring (bicyclic) bond motifs is 2. The minimum absolute atomic E-state index is 0.0526. The molecule has 0 bridgehead atoms. The number of hydrogen-bond acceptors (Lipinski definition) is 7. The molecule has 2 aromatic rings. The van der Waals surface area contributed by atoms with Gasteiger partial charge in [0, 0.05) is 11.8 Å². The van der Waals surface area contributed by atoms with E-state index in [-0.39, 0.29) is 23.6 Å². The Balaban J connectivity index is 1.27. The van der Waals surface area contributed by atoms with Crippen molar-refractivity contribution in [1.29, 1.82) is 0 Å². The first-order valence-corrected chi connectivity index (χ1v) is 8.62. The van der Waals surface area contributed by atoms with Crippen LogP contribution in [0.3, 0.4) is 0 Å². The summed E-state index contributed by atoms with van der Waals surface area (Å²) in [4.78, 5) is 23.9. The standard InChI is InChI=1S/C19H15F2NO7/c20-19(21)28-14-4-2-12(9-16(14)29-19)22-17(23)10-27-18(24)8-11-1-3-13-15(7-11)26-6-5-25-13/h1-4,7,9H,5-6,8,10H2,(H,22,23). The second-order valence-electron chi connectivity index (χ2n) is 6.19. The number of rotatable bonds is 5. The number of halogens is 2. The normalized spacial score (nSPS) is 15.5. The Morgan fingerprint density at radius 1 is 0.966 bits per heavy atom. The zero-order valence-electron chi connectivity index (χ0n) is 14.9. The molecule has 2 heterocycles. The van der Waals surface area contributed by atoms with Gasteiger partial charge in [0.1, 0.15) is 13.2 Å². The molecule has 1 N–H and O–H groups in total. The predicted molar refractivity (Wildman–Crippen MR) is 93.4 cm³/mol. The van der Waals surface area contributed by atoms with E-state index in [1.807, 2.05) is 0 Å². The molecule has 0 aromatic heterocycles. The maximum atomic E-state index is 13.0. The number of benzene rings is 2. The van der Waals surface area contributed by atoms with E-state index in [4.69, 9.17) is 14.2 Å². The number of ether oxygens (including phenoxy) is 5. The van der Waals surface area contributed by atoms with Gasteiger partial charge in [-0.2, -0.15) is 0 Å². The maximum Gasteiger partial charge on any atom is 0.586 e. The zero-order valence-corrected chi connectivity index (χ0v) is 14.9. The molecule has 4 rings (SSSR count). The number of amides is 1. The van der Waals surface area contributed by atoms with Crippen molar-refractivity contribution in [3.63, 3.8) is 0 Å². The van der Waals surface area contributed by atoms with Gasteiger partial charge in [0.2, 0.25) is 0 Å². The number of hydrogen-bond donors (Lipinski definition) is 1. The molecule has 0 spiro atoms. The molecule has 2 aliphatic rings. The van der Waals surface area contributed by atoms with Crippen molar-refractivity contribution in [3.05, 3.63) is 42.0 Å². The first-order valence-electron chi connectivity index (χ1n) is 8.62. The van der Waals surface area contributed by atoms with Crippen LogP contribution in [-0.4, -0.2) is 38.0 Å². The Bertz CT molecular complexity index is 964. The summed E-state index contributed by atoms with van der Waals surface area (Å²) in [5.74, 6) is -0.433. The topological polar surface area (TPSA) is 92.3 Å². The lowest BCUT2D eigenvalue weighted by molar-refractivity contribution is -0.286. The minimum Gasteiger partial charge on any atom is -0.486 e. The smallest absolute Gasteiger partial charge is 0.486 e. The molecule has 2 aromatic carbocycles. The van der Waals surface area contributed by atoms with E-state index in [1.54, 1.807) is 18.2 Å². The van der Waals surface area contributed by atoms with E-state index in [0.717, 1.165) is 0 Å². The van der Waals surface area contributed by atoms with Gasteiger partial charge in [-0.25, -0.2) is 0 Å². The summed E-state index contributed by atoms with van der Waals surface area (Å²) < 4.78 is 50.4. The van der Waals surface area contributed by atoms with Gasteiger partial charge in [-0.15, -0.1) is 8.78 Å². The average molecular weight is 407 g/mol. The third-order valence-corrected chi connectivity index (χ3v) is 4.00. The molecule has 0 fully saturated rings. The third-order valence-electron chi connectivity index (χ3n) is 4.00. The van der Waals surface area contributed by atoms with Gasteiger partial charge in [-0.1, -0.05) is 6.07 Å². The molecule has 152 valence electrons. The predicted octanol–water partition coefficient (Wildman–Crippen LogP) is 2.50. The highest BCUT2D eigenvalue weighted by Crippen LogP contribution is 2.42. The van der Waals surface area contributed by atoms with Gasteiger partial charge in [-0.05, 0) is 29.8 Å². The molecule has 2 aliphatic heterocycles. The summed E-state index contributed by atoms with van der Waals surface area (Å²) in [6, 6.07) is 8.87. The summed E-state index contributed by atoms with van der Waals surface area (Å²) >= 11 is 0. The van der Waals surface area contributed by atoms with Crippen LogP contribution < -0.4 is 24.3 Å². The van der Waals surface area contributed by atoms with E-state index in [9.17, 15) is 18.4 Å². The lowest BCUT2D eigenvalue weighted by atomic mass is 10.1. The summed E-state index contributed by atoms with van der Waals surface area (Å²) in [5, 5.41) is 2.43. The van der Waals surface area contributed by atoms with E-state index in [0.29, 0.717) is 30.3 Å². The Morgan fingerprint density at radius 2 is 1.69 bits per heavy atom. The van der Waals surface area contributed by atoms with Crippen molar-refractivity contribution < 1.29 is 42.1 Å². The van der Waals surface area contributed by atoms with Crippen LogP contribution in [-0.2, 0) is 20.7 Å². The number of nitrogens with one attached hydrogen (secondary N) is 1. The van der Waals surface area contributed by atoms with E-state index in [2.05, 4.69) is 14.8 Å². The SMILES string of the molecule is O=C(COC(=O)Cc1ccc2c(c1)OCCO2)Nc1ccc2c(c1)OC(F)(F)O2. The second-order valence-corrected chi connectivity index (χ2v) is 6.19. The molecule has 10 heteroatoms. The number of carbonyl (C=O) groups excluding carboxylic acids is 2. The third kappa shape index (κ3) is 4.48. The summed E-state index contributed by atoms with van der Waals surface area (Å²) in [5.41, 5.74) is 0.842. The van der Waals surface area contributed by atoms with Crippen LogP contribution >= 0.6 is 0 Å². The molecular weight excluding hydrogens is 392 g/mol. The second kappa shape index (κ2) is 7.46. The fourth-order valence-corrected chi connectivity index (χ4v) is 2.79. The first kappa shape index (κ1) is 18.8. The molecule has 1 amide bonds. The van der Waals surface area contributed by atoms with Crippen molar-refractivity contribution in [2.75, 3.05) is 25.1 Å². The molecule has 0 saturated heterocycles. The highest BCUT2D eigenvalue weighted by molar-refractivity contribution is 5.93. The first-order chi connectivity index (χ1) is 13.9. The molecule has 0 radical (unpaired) electrons. The van der Waals surface area contributed by atoms with Crippen LogP contribution in [0.1, 0.15) is 5.56 Å². The van der Waals surface area contributed by atoms with Crippen LogP contribution in [0.5, 0.6) is 23.0 Å². The maximum absolute atomic E-state index is 13.0. The van der Waals surface area contributed by atoms with Gasteiger partial charge in [0.25, 0.3) is 5.91 Å². The molecule has 8 nitrogen and oxygen atoms in total. The molecule has 0 atom stereocenters. The number of alkyl halides is 2. The summed E-state index contributed by atoms with van der Waals surface area (Å²) in [6.07, 6.45) is -3.79. The van der Waals surface area contributed by atoms with Crippen molar-refractivity contribution in [1.82, 2.24) is 0 Å². The zero-order chi connectivity index (χ0) is 20.4. The van der Waals surface area contributed by atoms with Gasteiger partial charge in [0.15, 0.2) is 29.6 Å². The number of carbonyl (C=O) groups is 2. The Kier molecular flexibility index (Phi) is 4.83. The van der Waals surface area contributed by atoms with E-state index < -0.39 is 24.8 Å². The minimum atomic E-state index is -3.74. The highest BCUT2D eigenvalue weighted by atomic mass is 19.3. The lowest BCUT2D eigenvalue weighted by Crippen LogP contribution is -2.25. The van der Waals surface area contributed by atoms with Crippen molar-refractivity contribution in [2.24, 2.45) is 0 Å². The monoisotopic (exact) mass is 407 g/mol. The highest BCUT2D eigenvalue weighted by Gasteiger charge is 2.43. The number of anilines is 1. The largest absolute Gasteiger partial charge is 0.586 e. The molecule has 29 heavy (non-hydrogen) atoms. The summed E-state index contributed by atoms with van der Waals surface area (Å²) in [6.45, 7) is 0.363. The van der Waals surface area contributed by atoms with Crippen LogP contribution in [0.2, 0.25) is 0 Å². The van der Waals surface area contributed by atoms with Crippen LogP contribution in [0, 0.1) is 0 Å². The van der Waals surface area contributed by atoms with Gasteiger partial charge < -0.3 is 29.0 Å². The fourth-order valence-electron chi connectivity index (χ4n) is 2.79. The quantitative estimate of drug-likeness (QED) is 0.762. The van der Waals surface area contributed by atoms with Crippen LogP contribution in [0.25, 0.3) is 0 Å².